The van der Waals surface area contributed by atoms with Crippen molar-refractivity contribution in [3.05, 3.63) is 0 Å². The van der Waals surface area contributed by atoms with Crippen molar-refractivity contribution >= 4 is 17.8 Å². The molecule has 2 heterocycles. The van der Waals surface area contributed by atoms with Crippen LogP contribution in [0.1, 0.15) is 20.3 Å². The average molecular weight is 200 g/mol. The number of rotatable bonds is 2. The molecule has 74 valence electrons. The third-order valence-corrected chi connectivity index (χ3v) is 4.77. The number of fused-ring (bicyclic) bond motifs is 1. The molecule has 2 saturated heterocycles. The first-order valence-electron chi connectivity index (χ1n) is 4.91. The van der Waals surface area contributed by atoms with Crippen molar-refractivity contribution in [2.45, 2.75) is 37.6 Å². The van der Waals surface area contributed by atoms with Crippen LogP contribution in [0, 0.1) is 5.92 Å². The zero-order valence-corrected chi connectivity index (χ0v) is 8.86. The van der Waals surface area contributed by atoms with E-state index >= 15 is 0 Å². The quantitative estimate of drug-likeness (QED) is 0.658. The zero-order chi connectivity index (χ0) is 9.42. The molecule has 0 saturated carbocycles. The molecule has 2 aliphatic heterocycles. The number of carbonyl (C=O) groups is 1. The van der Waals surface area contributed by atoms with E-state index in [-0.39, 0.29) is 6.03 Å². The van der Waals surface area contributed by atoms with Crippen molar-refractivity contribution in [2.75, 3.05) is 5.75 Å². The van der Waals surface area contributed by atoms with E-state index in [2.05, 4.69) is 24.5 Å². The van der Waals surface area contributed by atoms with E-state index in [1.807, 2.05) is 11.8 Å². The van der Waals surface area contributed by atoms with Crippen molar-refractivity contribution < 1.29 is 4.79 Å². The van der Waals surface area contributed by atoms with Crippen LogP contribution in [0.25, 0.3) is 0 Å². The van der Waals surface area contributed by atoms with Gasteiger partial charge < -0.3 is 10.6 Å². The van der Waals surface area contributed by atoms with E-state index in [9.17, 15) is 4.79 Å². The molecule has 2 amide bonds. The van der Waals surface area contributed by atoms with Crippen LogP contribution in [0.3, 0.4) is 0 Å². The molecule has 4 heteroatoms. The van der Waals surface area contributed by atoms with Gasteiger partial charge in [-0.2, -0.15) is 11.8 Å². The minimum Gasteiger partial charge on any atom is -0.332 e. The molecule has 0 aromatic rings. The Labute approximate surface area is 83.0 Å². The molecule has 0 radical (unpaired) electrons. The molecule has 2 aliphatic rings. The number of nitrogens with one attached hydrogen (secondary N) is 2. The van der Waals surface area contributed by atoms with Gasteiger partial charge >= 0.3 is 6.03 Å². The standard InChI is InChI=1S/C9H16N2OS/c1-3-5(2)8-7-6(4-13-8)10-9(12)11-7/h5-8H,3-4H2,1-2H3,(H2,10,11,12). The number of hydrogen-bond donors (Lipinski definition) is 2. The van der Waals surface area contributed by atoms with Gasteiger partial charge in [-0.15, -0.1) is 0 Å². The highest BCUT2D eigenvalue weighted by atomic mass is 32.2. The van der Waals surface area contributed by atoms with Crippen LogP contribution >= 0.6 is 11.8 Å². The summed E-state index contributed by atoms with van der Waals surface area (Å²) in [5, 5.41) is 6.57. The predicted octanol–water partition coefficient (Wildman–Crippen LogP) is 1.20. The predicted molar refractivity (Wildman–Crippen MR) is 54.9 cm³/mol. The molecule has 2 N–H and O–H groups in total. The molecule has 0 bridgehead atoms. The molecule has 0 aromatic heterocycles. The van der Waals surface area contributed by atoms with Gasteiger partial charge in [-0.05, 0) is 5.92 Å². The largest absolute Gasteiger partial charge is 0.332 e. The second kappa shape index (κ2) is 3.40. The Kier molecular flexibility index (Phi) is 2.41. The third kappa shape index (κ3) is 1.52. The molecule has 4 atom stereocenters. The summed E-state index contributed by atoms with van der Waals surface area (Å²) in [4.78, 5) is 11.1. The summed E-state index contributed by atoms with van der Waals surface area (Å²) in [6, 6.07) is 0.757. The van der Waals surface area contributed by atoms with Crippen LogP contribution < -0.4 is 10.6 Å². The summed E-state index contributed by atoms with van der Waals surface area (Å²) < 4.78 is 0. The maximum atomic E-state index is 11.1. The molecule has 3 nitrogen and oxygen atoms in total. The van der Waals surface area contributed by atoms with Crippen molar-refractivity contribution in [3.63, 3.8) is 0 Å². The highest BCUT2D eigenvalue weighted by Crippen LogP contribution is 2.35. The summed E-state index contributed by atoms with van der Waals surface area (Å²) in [6.45, 7) is 4.48. The van der Waals surface area contributed by atoms with Gasteiger partial charge in [0.2, 0.25) is 0 Å². The van der Waals surface area contributed by atoms with Gasteiger partial charge in [-0.25, -0.2) is 4.79 Å². The fraction of sp³-hybridized carbons (Fsp3) is 0.889. The van der Waals surface area contributed by atoms with E-state index < -0.39 is 0 Å². The van der Waals surface area contributed by atoms with Gasteiger partial charge in [0.15, 0.2) is 0 Å². The van der Waals surface area contributed by atoms with Crippen LogP contribution in [0.4, 0.5) is 4.79 Å². The molecular weight excluding hydrogens is 184 g/mol. The Balaban J connectivity index is 2.04. The summed E-state index contributed by atoms with van der Waals surface area (Å²) in [6.07, 6.45) is 1.19. The Bertz CT molecular complexity index is 222. The van der Waals surface area contributed by atoms with Gasteiger partial charge in [0.25, 0.3) is 0 Å². The normalized spacial score (nSPS) is 39.5. The van der Waals surface area contributed by atoms with Crippen LogP contribution in [-0.2, 0) is 0 Å². The lowest BCUT2D eigenvalue weighted by molar-refractivity contribution is 0.246. The summed E-state index contributed by atoms with van der Waals surface area (Å²) in [7, 11) is 0. The van der Waals surface area contributed by atoms with Crippen LogP contribution in [-0.4, -0.2) is 29.1 Å². The summed E-state index contributed by atoms with van der Waals surface area (Å²) in [5.41, 5.74) is 0. The van der Waals surface area contributed by atoms with Crippen molar-refractivity contribution in [2.24, 2.45) is 5.92 Å². The average Bonchev–Trinajstić information content (AvgIpc) is 2.61. The van der Waals surface area contributed by atoms with Crippen LogP contribution in [0.15, 0.2) is 0 Å². The minimum atomic E-state index is 0.0172. The van der Waals surface area contributed by atoms with Crippen LogP contribution in [0.2, 0.25) is 0 Å². The molecule has 4 unspecified atom stereocenters. The lowest BCUT2D eigenvalue weighted by atomic mass is 9.96. The number of hydrogen-bond acceptors (Lipinski definition) is 2. The third-order valence-electron chi connectivity index (χ3n) is 3.07. The van der Waals surface area contributed by atoms with E-state index in [4.69, 9.17) is 0 Å². The fourth-order valence-electron chi connectivity index (χ4n) is 2.08. The van der Waals surface area contributed by atoms with Gasteiger partial charge in [0.05, 0.1) is 12.1 Å². The second-order valence-electron chi connectivity index (χ2n) is 3.93. The molecule has 13 heavy (non-hydrogen) atoms. The van der Waals surface area contributed by atoms with Gasteiger partial charge in [-0.1, -0.05) is 20.3 Å². The number of carbonyl (C=O) groups excluding carboxylic acids is 1. The molecule has 0 aromatic carbocycles. The van der Waals surface area contributed by atoms with Gasteiger partial charge in [-0.3, -0.25) is 0 Å². The molecule has 0 spiro atoms. The zero-order valence-electron chi connectivity index (χ0n) is 8.04. The van der Waals surface area contributed by atoms with E-state index in [1.54, 1.807) is 0 Å². The molecule has 0 aliphatic carbocycles. The monoisotopic (exact) mass is 200 g/mol. The fourth-order valence-corrected chi connectivity index (χ4v) is 3.78. The first kappa shape index (κ1) is 9.19. The van der Waals surface area contributed by atoms with Crippen molar-refractivity contribution in [1.82, 2.24) is 10.6 Å². The van der Waals surface area contributed by atoms with Crippen LogP contribution in [0.5, 0.6) is 0 Å². The SMILES string of the molecule is CCC(C)C1SCC2NC(=O)NC21. The molecule has 2 fully saturated rings. The highest BCUT2D eigenvalue weighted by Gasteiger charge is 2.44. The number of urea groups is 1. The van der Waals surface area contributed by atoms with E-state index in [1.165, 1.54) is 6.42 Å². The lowest BCUT2D eigenvalue weighted by Gasteiger charge is -2.22. The summed E-state index contributed by atoms with van der Waals surface area (Å²) >= 11 is 1.99. The number of thioether (sulfide) groups is 1. The van der Waals surface area contributed by atoms with Crippen molar-refractivity contribution in [3.8, 4) is 0 Å². The Hall–Kier alpha value is -0.380. The Morgan fingerprint density at radius 3 is 3.08 bits per heavy atom. The highest BCUT2D eigenvalue weighted by molar-refractivity contribution is 8.00. The van der Waals surface area contributed by atoms with Gasteiger partial charge in [0.1, 0.15) is 0 Å². The maximum absolute atomic E-state index is 11.1. The number of amides is 2. The van der Waals surface area contributed by atoms with Crippen molar-refractivity contribution in [1.29, 1.82) is 0 Å². The first-order valence-corrected chi connectivity index (χ1v) is 5.96. The molecular formula is C9H16N2OS. The smallest absolute Gasteiger partial charge is 0.315 e. The lowest BCUT2D eigenvalue weighted by Crippen LogP contribution is -2.39. The Morgan fingerprint density at radius 1 is 1.62 bits per heavy atom. The molecule has 2 rings (SSSR count). The first-order chi connectivity index (χ1) is 6.22. The second-order valence-corrected chi connectivity index (χ2v) is 5.14. The maximum Gasteiger partial charge on any atom is 0.315 e. The van der Waals surface area contributed by atoms with E-state index in [0.29, 0.717) is 23.3 Å². The topological polar surface area (TPSA) is 41.1 Å². The minimum absolute atomic E-state index is 0.0172. The summed E-state index contributed by atoms with van der Waals surface area (Å²) in [5.74, 6) is 1.76. The Morgan fingerprint density at radius 2 is 2.38 bits per heavy atom. The van der Waals surface area contributed by atoms with E-state index in [0.717, 1.165) is 5.75 Å². The van der Waals surface area contributed by atoms with Gasteiger partial charge in [0, 0.05) is 11.0 Å².